The molecule has 0 bridgehead atoms. The highest BCUT2D eigenvalue weighted by molar-refractivity contribution is 6.30. The van der Waals surface area contributed by atoms with E-state index in [1.54, 1.807) is 24.3 Å². The van der Waals surface area contributed by atoms with Crippen molar-refractivity contribution in [3.63, 3.8) is 0 Å². The van der Waals surface area contributed by atoms with Gasteiger partial charge in [-0.05, 0) is 56.3 Å². The monoisotopic (exact) mass is 363 g/mol. The number of phenolic OH excluding ortho intramolecular Hbond substituents is 1. The van der Waals surface area contributed by atoms with Gasteiger partial charge in [-0.15, -0.1) is 0 Å². The summed E-state index contributed by atoms with van der Waals surface area (Å²) in [5.41, 5.74) is 0.482. The fraction of sp³-hybridized carbons (Fsp3) is 0.222. The van der Waals surface area contributed by atoms with E-state index in [0.717, 1.165) is 0 Å². The van der Waals surface area contributed by atoms with Crippen LogP contribution in [0.3, 0.4) is 0 Å². The Morgan fingerprint density at radius 3 is 2.48 bits per heavy atom. The molecule has 2 aromatic rings. The molecule has 0 saturated heterocycles. The number of carbonyl (C=O) groups excluding carboxylic acids is 2. The summed E-state index contributed by atoms with van der Waals surface area (Å²) in [6.45, 7) is 3.87. The molecule has 2 N–H and O–H groups in total. The van der Waals surface area contributed by atoms with E-state index in [4.69, 9.17) is 21.1 Å². The van der Waals surface area contributed by atoms with Crippen LogP contribution in [-0.4, -0.2) is 29.7 Å². The van der Waals surface area contributed by atoms with Crippen LogP contribution in [0.1, 0.15) is 24.2 Å². The molecule has 132 valence electrons. The second kappa shape index (κ2) is 8.39. The Labute approximate surface area is 150 Å². The van der Waals surface area contributed by atoms with Gasteiger partial charge in [0.2, 0.25) is 0 Å². The van der Waals surface area contributed by atoms with Crippen LogP contribution in [-0.2, 0) is 9.53 Å². The van der Waals surface area contributed by atoms with Gasteiger partial charge in [-0.3, -0.25) is 4.79 Å². The Kier molecular flexibility index (Phi) is 6.25. The molecule has 7 heteroatoms. The van der Waals surface area contributed by atoms with Crippen molar-refractivity contribution in [3.05, 3.63) is 53.1 Å². The molecule has 0 radical (unpaired) electrons. The van der Waals surface area contributed by atoms with Crippen molar-refractivity contribution in [2.45, 2.75) is 20.0 Å². The normalized spacial score (nSPS) is 11.5. The van der Waals surface area contributed by atoms with E-state index >= 15 is 0 Å². The second-order valence-electron chi connectivity index (χ2n) is 5.16. The SMILES string of the molecule is CCOc1ccc(NC(=O)[C@H](C)OC(=O)c2ccc(Cl)cc2O)cc1. The second-order valence-corrected chi connectivity index (χ2v) is 5.59. The van der Waals surface area contributed by atoms with Crippen LogP contribution in [0.4, 0.5) is 5.69 Å². The molecule has 0 heterocycles. The summed E-state index contributed by atoms with van der Waals surface area (Å²) >= 11 is 5.71. The first kappa shape index (κ1) is 18.6. The molecule has 0 fully saturated rings. The zero-order valence-electron chi connectivity index (χ0n) is 13.8. The molecule has 0 spiro atoms. The molecule has 1 amide bonds. The van der Waals surface area contributed by atoms with Crippen LogP contribution < -0.4 is 10.1 Å². The number of hydrogen-bond acceptors (Lipinski definition) is 5. The van der Waals surface area contributed by atoms with Crippen molar-refractivity contribution in [2.24, 2.45) is 0 Å². The van der Waals surface area contributed by atoms with E-state index in [0.29, 0.717) is 18.0 Å². The predicted molar refractivity (Wildman–Crippen MR) is 94.2 cm³/mol. The highest BCUT2D eigenvalue weighted by Gasteiger charge is 2.21. The van der Waals surface area contributed by atoms with Gasteiger partial charge in [0.15, 0.2) is 6.10 Å². The fourth-order valence-electron chi connectivity index (χ4n) is 2.00. The minimum absolute atomic E-state index is 0.0647. The molecule has 1 atom stereocenters. The Hall–Kier alpha value is -2.73. The molecular formula is C18H18ClNO5. The highest BCUT2D eigenvalue weighted by atomic mass is 35.5. The van der Waals surface area contributed by atoms with Crippen LogP contribution in [0, 0.1) is 0 Å². The molecule has 0 unspecified atom stereocenters. The molecule has 0 aromatic heterocycles. The average molecular weight is 364 g/mol. The number of rotatable bonds is 6. The summed E-state index contributed by atoms with van der Waals surface area (Å²) in [6.07, 6.45) is -1.05. The molecule has 0 aliphatic rings. The third-order valence-corrected chi connectivity index (χ3v) is 3.50. The highest BCUT2D eigenvalue weighted by Crippen LogP contribution is 2.23. The Morgan fingerprint density at radius 1 is 1.20 bits per heavy atom. The maximum atomic E-state index is 12.1. The minimum Gasteiger partial charge on any atom is -0.507 e. The number of hydrogen-bond donors (Lipinski definition) is 2. The lowest BCUT2D eigenvalue weighted by atomic mass is 10.2. The smallest absolute Gasteiger partial charge is 0.342 e. The van der Waals surface area contributed by atoms with E-state index in [1.165, 1.54) is 25.1 Å². The van der Waals surface area contributed by atoms with Gasteiger partial charge >= 0.3 is 5.97 Å². The van der Waals surface area contributed by atoms with Crippen molar-refractivity contribution in [3.8, 4) is 11.5 Å². The van der Waals surface area contributed by atoms with Gasteiger partial charge in [0.25, 0.3) is 5.91 Å². The molecule has 2 aromatic carbocycles. The summed E-state index contributed by atoms with van der Waals surface area (Å²) in [5, 5.41) is 12.6. The zero-order chi connectivity index (χ0) is 18.4. The maximum absolute atomic E-state index is 12.1. The largest absolute Gasteiger partial charge is 0.507 e. The van der Waals surface area contributed by atoms with Crippen molar-refractivity contribution in [1.29, 1.82) is 0 Å². The number of carbonyl (C=O) groups is 2. The number of ether oxygens (including phenoxy) is 2. The summed E-state index contributed by atoms with van der Waals surface area (Å²) < 4.78 is 10.4. The Balaban J connectivity index is 1.96. The topological polar surface area (TPSA) is 84.9 Å². The third kappa shape index (κ3) is 5.12. The fourth-order valence-corrected chi connectivity index (χ4v) is 2.17. The number of nitrogens with one attached hydrogen (secondary N) is 1. The number of halogens is 1. The minimum atomic E-state index is -1.05. The summed E-state index contributed by atoms with van der Waals surface area (Å²) in [6, 6.07) is 10.8. The zero-order valence-corrected chi connectivity index (χ0v) is 14.5. The first-order valence-electron chi connectivity index (χ1n) is 7.64. The van der Waals surface area contributed by atoms with Crippen LogP contribution in [0.25, 0.3) is 0 Å². The number of phenols is 1. The first-order chi connectivity index (χ1) is 11.9. The average Bonchev–Trinajstić information content (AvgIpc) is 2.56. The van der Waals surface area contributed by atoms with Crippen molar-refractivity contribution in [2.75, 3.05) is 11.9 Å². The number of anilines is 1. The lowest BCUT2D eigenvalue weighted by Gasteiger charge is -2.14. The predicted octanol–water partition coefficient (Wildman–Crippen LogP) is 3.63. The molecule has 0 aliphatic heterocycles. The number of amides is 1. The summed E-state index contributed by atoms with van der Waals surface area (Å²) in [7, 11) is 0. The van der Waals surface area contributed by atoms with Crippen molar-refractivity contribution in [1.82, 2.24) is 0 Å². The van der Waals surface area contributed by atoms with Gasteiger partial charge in [-0.2, -0.15) is 0 Å². The maximum Gasteiger partial charge on any atom is 0.342 e. The Bertz CT molecular complexity index is 761. The molecule has 0 saturated carbocycles. The van der Waals surface area contributed by atoms with E-state index in [9.17, 15) is 14.7 Å². The van der Waals surface area contributed by atoms with E-state index < -0.39 is 18.0 Å². The first-order valence-corrected chi connectivity index (χ1v) is 8.01. The van der Waals surface area contributed by atoms with Gasteiger partial charge in [-0.25, -0.2) is 4.79 Å². The van der Waals surface area contributed by atoms with Gasteiger partial charge in [-0.1, -0.05) is 11.6 Å². The van der Waals surface area contributed by atoms with Gasteiger partial charge in [0.05, 0.1) is 6.61 Å². The number of benzene rings is 2. The van der Waals surface area contributed by atoms with Gasteiger partial charge in [0.1, 0.15) is 17.1 Å². The van der Waals surface area contributed by atoms with Crippen LogP contribution in [0.15, 0.2) is 42.5 Å². The van der Waals surface area contributed by atoms with Crippen LogP contribution in [0.5, 0.6) is 11.5 Å². The van der Waals surface area contributed by atoms with Crippen molar-refractivity contribution >= 4 is 29.2 Å². The van der Waals surface area contributed by atoms with Crippen molar-refractivity contribution < 1.29 is 24.2 Å². The summed E-state index contributed by atoms with van der Waals surface area (Å²) in [5.74, 6) is -0.927. The quantitative estimate of drug-likeness (QED) is 0.765. The van der Waals surface area contributed by atoms with Gasteiger partial charge in [0, 0.05) is 10.7 Å². The van der Waals surface area contributed by atoms with E-state index in [-0.39, 0.29) is 16.3 Å². The molecule has 0 aliphatic carbocycles. The van der Waals surface area contributed by atoms with Crippen LogP contribution in [0.2, 0.25) is 5.02 Å². The number of esters is 1. The van der Waals surface area contributed by atoms with E-state index in [1.807, 2.05) is 6.92 Å². The number of aromatic hydroxyl groups is 1. The molecule has 25 heavy (non-hydrogen) atoms. The Morgan fingerprint density at radius 2 is 1.88 bits per heavy atom. The summed E-state index contributed by atoms with van der Waals surface area (Å²) in [4.78, 5) is 24.2. The van der Waals surface area contributed by atoms with Gasteiger partial charge < -0.3 is 19.9 Å². The lowest BCUT2D eigenvalue weighted by Crippen LogP contribution is -2.30. The molecule has 2 rings (SSSR count). The third-order valence-electron chi connectivity index (χ3n) is 3.27. The van der Waals surface area contributed by atoms with Crippen LogP contribution >= 0.6 is 11.6 Å². The standard InChI is InChI=1S/C18H18ClNO5/c1-3-24-14-7-5-13(6-8-14)20-17(22)11(2)25-18(23)15-9-4-12(19)10-16(15)21/h4-11,21H,3H2,1-2H3,(H,20,22)/t11-/m0/s1. The molecular weight excluding hydrogens is 346 g/mol. The lowest BCUT2D eigenvalue weighted by molar-refractivity contribution is -0.123. The van der Waals surface area contributed by atoms with E-state index in [2.05, 4.69) is 5.32 Å². The molecule has 6 nitrogen and oxygen atoms in total.